The molecule has 0 bridgehead atoms. The Morgan fingerprint density at radius 2 is 1.43 bits per heavy atom. The van der Waals surface area contributed by atoms with E-state index in [2.05, 4.69) is 0 Å². The second kappa shape index (κ2) is 4.95. The quantitative estimate of drug-likeness (QED) is 0.555. The third kappa shape index (κ3) is 3.65. The molecular weight excluding hydrogens is 199 g/mol. The van der Waals surface area contributed by atoms with Gasteiger partial charge in [0.15, 0.2) is 0 Å². The lowest BCUT2D eigenvalue weighted by Crippen LogP contribution is -2.10. The van der Waals surface area contributed by atoms with Crippen LogP contribution in [0.2, 0.25) is 0 Å². The number of rotatable bonds is 5. The molecule has 0 saturated heterocycles. The van der Waals surface area contributed by atoms with Crippen molar-refractivity contribution >= 4 is 17.9 Å². The normalized spacial score (nSPS) is 11.8. The van der Waals surface area contributed by atoms with Gasteiger partial charge in [0.1, 0.15) is 0 Å². The predicted molar refractivity (Wildman–Crippen MR) is 40.3 cm³/mol. The fraction of sp³-hybridized carbons (Fsp3) is 0.286. The van der Waals surface area contributed by atoms with Crippen LogP contribution in [0.1, 0.15) is 12.8 Å². The number of carbonyl (C=O) groups is 3. The fourth-order valence-corrected chi connectivity index (χ4v) is 0.672. The van der Waals surface area contributed by atoms with E-state index in [-0.39, 0.29) is 0 Å². The molecule has 0 saturated carbocycles. The van der Waals surface area contributed by atoms with Gasteiger partial charge >= 0.3 is 17.9 Å². The highest BCUT2D eigenvalue weighted by molar-refractivity contribution is 5.97. The van der Waals surface area contributed by atoms with Crippen LogP contribution in [0.5, 0.6) is 0 Å². The van der Waals surface area contributed by atoms with E-state index in [9.17, 15) is 18.8 Å². The van der Waals surface area contributed by atoms with Crippen molar-refractivity contribution in [3.05, 3.63) is 11.4 Å². The molecule has 0 rings (SSSR count). The van der Waals surface area contributed by atoms with E-state index in [1.807, 2.05) is 0 Å². The smallest absolute Gasteiger partial charge is 0.365 e. The molecule has 0 unspecified atom stereocenters. The predicted octanol–water partition coefficient (Wildman–Crippen LogP) is 0.244. The summed E-state index contributed by atoms with van der Waals surface area (Å²) in [5.74, 6) is -6.96. The molecule has 0 aromatic heterocycles. The topological polar surface area (TPSA) is 112 Å². The van der Waals surface area contributed by atoms with Crippen molar-refractivity contribution in [2.75, 3.05) is 0 Å². The number of hydrogen-bond acceptors (Lipinski definition) is 3. The van der Waals surface area contributed by atoms with Crippen molar-refractivity contribution in [2.45, 2.75) is 12.8 Å². The largest absolute Gasteiger partial charge is 0.481 e. The van der Waals surface area contributed by atoms with E-state index < -0.39 is 42.1 Å². The lowest BCUT2D eigenvalue weighted by Gasteiger charge is -1.99. The summed E-state index contributed by atoms with van der Waals surface area (Å²) < 4.78 is 12.6. The molecule has 14 heavy (non-hydrogen) atoms. The number of aliphatic carboxylic acids is 3. The first-order valence-electron chi connectivity index (χ1n) is 3.43. The molecule has 0 aliphatic carbocycles. The lowest BCUT2D eigenvalue weighted by molar-refractivity contribution is -0.138. The summed E-state index contributed by atoms with van der Waals surface area (Å²) in [6.45, 7) is 0. The van der Waals surface area contributed by atoms with Crippen LogP contribution < -0.4 is 0 Å². The van der Waals surface area contributed by atoms with Gasteiger partial charge in [0.25, 0.3) is 0 Å². The van der Waals surface area contributed by atoms with Crippen molar-refractivity contribution in [3.8, 4) is 0 Å². The maximum absolute atomic E-state index is 12.6. The van der Waals surface area contributed by atoms with E-state index in [0.717, 1.165) is 0 Å². The molecule has 7 heteroatoms. The summed E-state index contributed by atoms with van der Waals surface area (Å²) in [6, 6.07) is 0. The first-order chi connectivity index (χ1) is 6.36. The van der Waals surface area contributed by atoms with Gasteiger partial charge in [-0.05, 0) is 6.42 Å². The molecule has 0 amide bonds. The summed E-state index contributed by atoms with van der Waals surface area (Å²) in [7, 11) is 0. The summed E-state index contributed by atoms with van der Waals surface area (Å²) >= 11 is 0. The maximum atomic E-state index is 12.6. The summed E-state index contributed by atoms with van der Waals surface area (Å²) in [5.41, 5.74) is -1.04. The van der Waals surface area contributed by atoms with Gasteiger partial charge in [-0.25, -0.2) is 9.59 Å². The van der Waals surface area contributed by atoms with Gasteiger partial charge in [0.2, 0.25) is 5.83 Å². The average molecular weight is 206 g/mol. The SMILES string of the molecule is O=C(O)CC/C(C(=O)O)=C(/F)C(=O)O. The molecule has 0 fully saturated rings. The van der Waals surface area contributed by atoms with E-state index in [1.165, 1.54) is 0 Å². The number of carboxylic acid groups (broad SMARTS) is 3. The molecule has 0 atom stereocenters. The highest BCUT2D eigenvalue weighted by Gasteiger charge is 2.20. The maximum Gasteiger partial charge on any atom is 0.365 e. The van der Waals surface area contributed by atoms with Crippen LogP contribution >= 0.6 is 0 Å². The van der Waals surface area contributed by atoms with Gasteiger partial charge in [-0.2, -0.15) is 4.39 Å². The number of halogens is 1. The van der Waals surface area contributed by atoms with Crippen LogP contribution in [-0.4, -0.2) is 33.2 Å². The first kappa shape index (κ1) is 12.1. The lowest BCUT2D eigenvalue weighted by atomic mass is 10.1. The van der Waals surface area contributed by atoms with Crippen molar-refractivity contribution in [2.24, 2.45) is 0 Å². The Kier molecular flexibility index (Phi) is 4.27. The molecule has 0 aromatic carbocycles. The van der Waals surface area contributed by atoms with Crippen molar-refractivity contribution in [1.29, 1.82) is 0 Å². The highest BCUT2D eigenvalue weighted by Crippen LogP contribution is 2.13. The van der Waals surface area contributed by atoms with Crippen LogP contribution in [0.4, 0.5) is 4.39 Å². The minimum atomic E-state index is -2.02. The fourth-order valence-electron chi connectivity index (χ4n) is 0.672. The Labute approximate surface area is 77.3 Å². The monoisotopic (exact) mass is 206 g/mol. The molecule has 0 aromatic rings. The second-order valence-corrected chi connectivity index (χ2v) is 2.30. The zero-order chi connectivity index (χ0) is 11.3. The molecule has 0 spiro atoms. The Bertz CT molecular complexity index is 305. The molecule has 6 nitrogen and oxygen atoms in total. The van der Waals surface area contributed by atoms with Crippen molar-refractivity contribution in [3.63, 3.8) is 0 Å². The second-order valence-electron chi connectivity index (χ2n) is 2.30. The summed E-state index contributed by atoms with van der Waals surface area (Å²) in [5, 5.41) is 24.7. The Morgan fingerprint density at radius 1 is 0.929 bits per heavy atom. The molecule has 3 N–H and O–H groups in total. The van der Waals surface area contributed by atoms with Gasteiger partial charge in [-0.15, -0.1) is 0 Å². The van der Waals surface area contributed by atoms with Crippen LogP contribution in [0, 0.1) is 0 Å². The molecule has 0 radical (unpaired) electrons. The van der Waals surface area contributed by atoms with E-state index >= 15 is 0 Å². The first-order valence-corrected chi connectivity index (χ1v) is 3.43. The van der Waals surface area contributed by atoms with E-state index in [4.69, 9.17) is 15.3 Å². The van der Waals surface area contributed by atoms with Crippen LogP contribution in [-0.2, 0) is 14.4 Å². The Hall–Kier alpha value is -1.92. The summed E-state index contributed by atoms with van der Waals surface area (Å²) in [4.78, 5) is 30.4. The third-order valence-corrected chi connectivity index (χ3v) is 1.30. The molecule has 78 valence electrons. The van der Waals surface area contributed by atoms with Gasteiger partial charge in [-0.1, -0.05) is 0 Å². The van der Waals surface area contributed by atoms with E-state index in [0.29, 0.717) is 0 Å². The summed E-state index contributed by atoms with van der Waals surface area (Å²) in [6.07, 6.45) is -1.30. The van der Waals surface area contributed by atoms with Gasteiger partial charge in [-0.3, -0.25) is 4.79 Å². The average Bonchev–Trinajstić information content (AvgIpc) is 2.02. The van der Waals surface area contributed by atoms with Gasteiger partial charge in [0.05, 0.1) is 5.57 Å². The molecule has 0 aliphatic heterocycles. The Morgan fingerprint density at radius 3 is 1.71 bits per heavy atom. The zero-order valence-electron chi connectivity index (χ0n) is 6.86. The minimum absolute atomic E-state index is 0.637. The number of carboxylic acids is 3. The van der Waals surface area contributed by atoms with Crippen LogP contribution in [0.3, 0.4) is 0 Å². The molecular formula is C7H7FO6. The van der Waals surface area contributed by atoms with Gasteiger partial charge < -0.3 is 15.3 Å². The molecule has 0 aliphatic rings. The minimum Gasteiger partial charge on any atom is -0.481 e. The Balaban J connectivity index is 4.77. The van der Waals surface area contributed by atoms with Crippen molar-refractivity contribution in [1.82, 2.24) is 0 Å². The van der Waals surface area contributed by atoms with Crippen LogP contribution in [0.15, 0.2) is 11.4 Å². The zero-order valence-corrected chi connectivity index (χ0v) is 6.86. The van der Waals surface area contributed by atoms with Crippen LogP contribution in [0.25, 0.3) is 0 Å². The molecule has 0 heterocycles. The standard InChI is InChI=1S/C7H7FO6/c8-5(7(13)14)3(6(11)12)1-2-4(9)10/h1-2H2,(H,9,10)(H,11,12)(H,13,14)/b5-3-. The number of hydrogen-bond donors (Lipinski definition) is 3. The van der Waals surface area contributed by atoms with E-state index in [1.54, 1.807) is 0 Å². The third-order valence-electron chi connectivity index (χ3n) is 1.30. The van der Waals surface area contributed by atoms with Gasteiger partial charge in [0, 0.05) is 6.42 Å². The van der Waals surface area contributed by atoms with Crippen molar-refractivity contribution < 1.29 is 34.1 Å². The highest BCUT2D eigenvalue weighted by atomic mass is 19.1.